The minimum absolute atomic E-state index is 0.148. The maximum atomic E-state index is 11.4. The maximum Gasteiger partial charge on any atom is 0.220 e. The summed E-state index contributed by atoms with van der Waals surface area (Å²) in [5.41, 5.74) is 0.148. The van der Waals surface area contributed by atoms with Gasteiger partial charge in [-0.1, -0.05) is 0 Å². The quantitative estimate of drug-likeness (QED) is 0.892. The van der Waals surface area contributed by atoms with Crippen molar-refractivity contribution in [2.75, 3.05) is 0 Å². The van der Waals surface area contributed by atoms with Crippen molar-refractivity contribution >= 4 is 17.2 Å². The Bertz CT molecular complexity index is 460. The molecule has 3 nitrogen and oxygen atoms in total. The molecule has 1 amide bonds. The van der Waals surface area contributed by atoms with Gasteiger partial charge < -0.3 is 10.6 Å². The third kappa shape index (κ3) is 3.00. The molecule has 2 aliphatic rings. The van der Waals surface area contributed by atoms with Crippen molar-refractivity contribution in [2.24, 2.45) is 0 Å². The van der Waals surface area contributed by atoms with E-state index in [-0.39, 0.29) is 11.4 Å². The monoisotopic (exact) mass is 278 g/mol. The van der Waals surface area contributed by atoms with E-state index in [0.29, 0.717) is 6.04 Å². The SMILES string of the molecule is Cc1ccc(CNC2CCC3(CCC(=O)N3)CC2)s1. The third-order valence-electron chi connectivity index (χ3n) is 4.54. The molecule has 1 aromatic rings. The van der Waals surface area contributed by atoms with Crippen LogP contribution in [0, 0.1) is 6.92 Å². The summed E-state index contributed by atoms with van der Waals surface area (Å²) in [6.45, 7) is 3.14. The van der Waals surface area contributed by atoms with Gasteiger partial charge in [0.2, 0.25) is 5.91 Å². The van der Waals surface area contributed by atoms with Gasteiger partial charge in [-0.15, -0.1) is 11.3 Å². The Kier molecular flexibility index (Phi) is 3.63. The second-order valence-corrected chi connectivity index (χ2v) is 7.37. The standard InChI is InChI=1S/C15H22N2OS/c1-11-2-3-13(19-11)10-16-12-4-7-15(8-5-12)9-6-14(18)17-15/h2-3,12,16H,4-10H2,1H3,(H,17,18). The van der Waals surface area contributed by atoms with Gasteiger partial charge >= 0.3 is 0 Å². The van der Waals surface area contributed by atoms with Gasteiger partial charge in [0.15, 0.2) is 0 Å². The fraction of sp³-hybridized carbons (Fsp3) is 0.667. The van der Waals surface area contributed by atoms with Crippen LogP contribution in [-0.2, 0) is 11.3 Å². The number of carbonyl (C=O) groups is 1. The molecule has 0 bridgehead atoms. The highest BCUT2D eigenvalue weighted by molar-refractivity contribution is 7.11. The Hall–Kier alpha value is -0.870. The Labute approximate surface area is 118 Å². The molecular weight excluding hydrogens is 256 g/mol. The summed E-state index contributed by atoms with van der Waals surface area (Å²) in [6, 6.07) is 5.02. The number of hydrogen-bond donors (Lipinski definition) is 2. The highest BCUT2D eigenvalue weighted by atomic mass is 32.1. The zero-order valence-corrected chi connectivity index (χ0v) is 12.3. The van der Waals surface area contributed by atoms with Crippen molar-refractivity contribution in [3.63, 3.8) is 0 Å². The van der Waals surface area contributed by atoms with E-state index in [0.717, 1.165) is 32.2 Å². The summed E-state index contributed by atoms with van der Waals surface area (Å²) in [5.74, 6) is 0.250. The number of amides is 1. The van der Waals surface area contributed by atoms with Crippen LogP contribution < -0.4 is 10.6 Å². The van der Waals surface area contributed by atoms with E-state index >= 15 is 0 Å². The predicted octanol–water partition coefficient (Wildman–Crippen LogP) is 2.74. The number of carbonyl (C=O) groups excluding carboxylic acids is 1. The van der Waals surface area contributed by atoms with Gasteiger partial charge in [0.05, 0.1) is 0 Å². The molecule has 19 heavy (non-hydrogen) atoms. The van der Waals surface area contributed by atoms with Crippen LogP contribution in [-0.4, -0.2) is 17.5 Å². The molecule has 4 heteroatoms. The molecule has 1 spiro atoms. The summed E-state index contributed by atoms with van der Waals surface area (Å²) in [5, 5.41) is 6.87. The largest absolute Gasteiger partial charge is 0.351 e. The van der Waals surface area contributed by atoms with E-state index < -0.39 is 0 Å². The molecule has 0 atom stereocenters. The van der Waals surface area contributed by atoms with Crippen molar-refractivity contribution in [3.8, 4) is 0 Å². The molecular formula is C15H22N2OS. The van der Waals surface area contributed by atoms with E-state index in [1.54, 1.807) is 0 Å². The van der Waals surface area contributed by atoms with Gasteiger partial charge in [0.1, 0.15) is 0 Å². The van der Waals surface area contributed by atoms with Crippen LogP contribution in [0.15, 0.2) is 12.1 Å². The lowest BCUT2D eigenvalue weighted by Crippen LogP contribution is -2.47. The normalized spacial score (nSPS) is 30.8. The Balaban J connectivity index is 1.47. The lowest BCUT2D eigenvalue weighted by atomic mass is 9.78. The number of aryl methyl sites for hydroxylation is 1. The van der Waals surface area contributed by atoms with Crippen molar-refractivity contribution in [1.82, 2.24) is 10.6 Å². The molecule has 2 N–H and O–H groups in total. The van der Waals surface area contributed by atoms with E-state index in [1.165, 1.54) is 22.6 Å². The third-order valence-corrected chi connectivity index (χ3v) is 5.54. The molecule has 3 rings (SSSR count). The van der Waals surface area contributed by atoms with Gasteiger partial charge in [-0.25, -0.2) is 0 Å². The van der Waals surface area contributed by atoms with Crippen molar-refractivity contribution in [2.45, 2.75) is 63.6 Å². The van der Waals surface area contributed by atoms with E-state index in [2.05, 4.69) is 29.7 Å². The maximum absolute atomic E-state index is 11.4. The second-order valence-electron chi connectivity index (χ2n) is 6.00. The summed E-state index contributed by atoms with van der Waals surface area (Å²) >= 11 is 1.88. The van der Waals surface area contributed by atoms with E-state index in [4.69, 9.17) is 0 Å². The molecule has 1 aromatic heterocycles. The summed E-state index contributed by atoms with van der Waals surface area (Å²) in [6.07, 6.45) is 6.42. The van der Waals surface area contributed by atoms with Crippen molar-refractivity contribution in [1.29, 1.82) is 0 Å². The average Bonchev–Trinajstić information content (AvgIpc) is 2.96. The number of thiophene rings is 1. The van der Waals surface area contributed by atoms with Crippen LogP contribution in [0.3, 0.4) is 0 Å². The molecule has 0 unspecified atom stereocenters. The first kappa shape index (κ1) is 13.1. The average molecular weight is 278 g/mol. The fourth-order valence-corrected chi connectivity index (χ4v) is 4.19. The topological polar surface area (TPSA) is 41.1 Å². The molecule has 1 saturated heterocycles. The molecule has 1 aliphatic carbocycles. The van der Waals surface area contributed by atoms with Crippen molar-refractivity contribution < 1.29 is 4.79 Å². The minimum Gasteiger partial charge on any atom is -0.351 e. The van der Waals surface area contributed by atoms with Crippen LogP contribution in [0.25, 0.3) is 0 Å². The number of nitrogens with one attached hydrogen (secondary N) is 2. The lowest BCUT2D eigenvalue weighted by Gasteiger charge is -2.37. The van der Waals surface area contributed by atoms with Crippen LogP contribution >= 0.6 is 11.3 Å². The highest BCUT2D eigenvalue weighted by Crippen LogP contribution is 2.35. The smallest absolute Gasteiger partial charge is 0.220 e. The summed E-state index contributed by atoms with van der Waals surface area (Å²) < 4.78 is 0. The molecule has 0 radical (unpaired) electrons. The van der Waals surface area contributed by atoms with Gasteiger partial charge in [-0.3, -0.25) is 4.79 Å². The molecule has 1 aliphatic heterocycles. The predicted molar refractivity (Wildman–Crippen MR) is 78.3 cm³/mol. The Morgan fingerprint density at radius 3 is 2.74 bits per heavy atom. The van der Waals surface area contributed by atoms with Crippen LogP contribution in [0.5, 0.6) is 0 Å². The lowest BCUT2D eigenvalue weighted by molar-refractivity contribution is -0.120. The Morgan fingerprint density at radius 2 is 2.16 bits per heavy atom. The van der Waals surface area contributed by atoms with Gasteiger partial charge in [-0.2, -0.15) is 0 Å². The van der Waals surface area contributed by atoms with E-state index in [9.17, 15) is 4.79 Å². The van der Waals surface area contributed by atoms with Crippen molar-refractivity contribution in [3.05, 3.63) is 21.9 Å². The molecule has 1 saturated carbocycles. The van der Waals surface area contributed by atoms with E-state index in [1.807, 2.05) is 11.3 Å². The highest BCUT2D eigenvalue weighted by Gasteiger charge is 2.40. The van der Waals surface area contributed by atoms with Gasteiger partial charge in [0.25, 0.3) is 0 Å². The fourth-order valence-electron chi connectivity index (χ4n) is 3.35. The number of hydrogen-bond acceptors (Lipinski definition) is 3. The zero-order chi connectivity index (χ0) is 13.3. The summed E-state index contributed by atoms with van der Waals surface area (Å²) in [4.78, 5) is 14.2. The first-order valence-corrected chi connectivity index (χ1v) is 8.07. The minimum atomic E-state index is 0.148. The van der Waals surface area contributed by atoms with Gasteiger partial charge in [0, 0.05) is 34.3 Å². The van der Waals surface area contributed by atoms with Gasteiger partial charge in [-0.05, 0) is 51.2 Å². The second kappa shape index (κ2) is 5.25. The first-order valence-electron chi connectivity index (χ1n) is 7.25. The van der Waals surface area contributed by atoms with Crippen LogP contribution in [0.2, 0.25) is 0 Å². The Morgan fingerprint density at radius 1 is 1.37 bits per heavy atom. The summed E-state index contributed by atoms with van der Waals surface area (Å²) in [7, 11) is 0. The number of rotatable bonds is 3. The van der Waals surface area contributed by atoms with Crippen LogP contribution in [0.1, 0.15) is 48.3 Å². The van der Waals surface area contributed by atoms with Crippen LogP contribution in [0.4, 0.5) is 0 Å². The molecule has 104 valence electrons. The molecule has 2 heterocycles. The first-order chi connectivity index (χ1) is 9.15. The zero-order valence-electron chi connectivity index (χ0n) is 11.5. The molecule has 0 aromatic carbocycles. The molecule has 2 fully saturated rings.